The maximum absolute atomic E-state index is 12.1. The molecule has 0 saturated carbocycles. The van der Waals surface area contributed by atoms with Crippen LogP contribution in [0.3, 0.4) is 0 Å². The Bertz CT molecular complexity index is 613. The first kappa shape index (κ1) is 15.5. The van der Waals surface area contributed by atoms with Crippen LogP contribution in [0.25, 0.3) is 0 Å². The van der Waals surface area contributed by atoms with Crippen LogP contribution < -0.4 is 10.6 Å². The Morgan fingerprint density at radius 2 is 1.95 bits per heavy atom. The first-order valence-corrected chi connectivity index (χ1v) is 8.49. The summed E-state index contributed by atoms with van der Waals surface area (Å²) in [6.45, 7) is 0.591. The van der Waals surface area contributed by atoms with Crippen LogP contribution >= 0.6 is 0 Å². The molecule has 1 fully saturated rings. The predicted molar refractivity (Wildman–Crippen MR) is 77.3 cm³/mol. The third-order valence-electron chi connectivity index (χ3n) is 3.29. The third kappa shape index (κ3) is 4.29. The minimum absolute atomic E-state index is 0.102. The van der Waals surface area contributed by atoms with Crippen molar-refractivity contribution in [3.63, 3.8) is 0 Å². The summed E-state index contributed by atoms with van der Waals surface area (Å²) in [5, 5.41) is 5.20. The number of amides is 2. The van der Waals surface area contributed by atoms with Gasteiger partial charge in [0.15, 0.2) is 9.84 Å². The van der Waals surface area contributed by atoms with Gasteiger partial charge >= 0.3 is 0 Å². The molecule has 0 unspecified atom stereocenters. The van der Waals surface area contributed by atoms with E-state index in [0.29, 0.717) is 13.0 Å². The number of carbonyl (C=O) groups excluding carboxylic acids is 2. The van der Waals surface area contributed by atoms with Crippen LogP contribution in [0, 0.1) is 0 Å². The molecule has 21 heavy (non-hydrogen) atoms. The molecule has 0 spiro atoms. The van der Waals surface area contributed by atoms with Crippen molar-refractivity contribution in [2.45, 2.75) is 30.2 Å². The molecule has 0 aromatic heterocycles. The summed E-state index contributed by atoms with van der Waals surface area (Å²) in [4.78, 5) is 23.7. The first-order chi connectivity index (χ1) is 9.99. The summed E-state index contributed by atoms with van der Waals surface area (Å²) in [7, 11) is -3.68. The number of hydrogen-bond acceptors (Lipinski definition) is 4. The average molecular weight is 310 g/mol. The molecule has 1 saturated heterocycles. The largest absolute Gasteiger partial charge is 0.354 e. The summed E-state index contributed by atoms with van der Waals surface area (Å²) in [5.41, 5.74) is 0. The van der Waals surface area contributed by atoms with Gasteiger partial charge in [-0.2, -0.15) is 0 Å². The fourth-order valence-electron chi connectivity index (χ4n) is 2.20. The Labute approximate surface area is 123 Å². The summed E-state index contributed by atoms with van der Waals surface area (Å²) in [5.74, 6) is -1.56. The van der Waals surface area contributed by atoms with Crippen LogP contribution in [-0.4, -0.2) is 38.6 Å². The lowest BCUT2D eigenvalue weighted by molar-refractivity contribution is -0.127. The van der Waals surface area contributed by atoms with Crippen LogP contribution in [0.1, 0.15) is 19.3 Å². The summed E-state index contributed by atoms with van der Waals surface area (Å²) in [6, 6.07) is 7.15. The van der Waals surface area contributed by atoms with Crippen LogP contribution in [-0.2, 0) is 19.4 Å². The number of benzene rings is 1. The molecule has 1 aromatic rings. The van der Waals surface area contributed by atoms with Gasteiger partial charge < -0.3 is 10.6 Å². The Morgan fingerprint density at radius 3 is 2.67 bits per heavy atom. The van der Waals surface area contributed by atoms with Gasteiger partial charge in [0, 0.05) is 6.54 Å². The van der Waals surface area contributed by atoms with Crippen LogP contribution in [0.5, 0.6) is 0 Å². The second-order valence-corrected chi connectivity index (χ2v) is 6.97. The van der Waals surface area contributed by atoms with Gasteiger partial charge in [0.05, 0.1) is 4.90 Å². The number of rotatable bonds is 4. The maximum atomic E-state index is 12.1. The fraction of sp³-hybridized carbons (Fsp3) is 0.429. The molecule has 7 heteroatoms. The number of carbonyl (C=O) groups is 2. The van der Waals surface area contributed by atoms with Crippen molar-refractivity contribution in [3.05, 3.63) is 30.3 Å². The van der Waals surface area contributed by atoms with Gasteiger partial charge in [-0.15, -0.1) is 0 Å². The van der Waals surface area contributed by atoms with E-state index in [1.807, 2.05) is 0 Å². The highest BCUT2D eigenvalue weighted by molar-refractivity contribution is 7.92. The molecule has 0 bridgehead atoms. The highest BCUT2D eigenvalue weighted by Gasteiger charge is 2.25. The fourth-order valence-corrected chi connectivity index (χ4v) is 3.36. The summed E-state index contributed by atoms with van der Waals surface area (Å²) >= 11 is 0. The van der Waals surface area contributed by atoms with Gasteiger partial charge in [-0.1, -0.05) is 18.2 Å². The topological polar surface area (TPSA) is 92.3 Å². The second kappa shape index (κ2) is 6.71. The molecular weight excluding hydrogens is 292 g/mol. The normalized spacial score (nSPS) is 19.4. The molecule has 1 aliphatic heterocycles. The lowest BCUT2D eigenvalue weighted by atomic mass is 10.1. The van der Waals surface area contributed by atoms with Crippen molar-refractivity contribution in [2.24, 2.45) is 0 Å². The van der Waals surface area contributed by atoms with E-state index in [0.717, 1.165) is 12.8 Å². The van der Waals surface area contributed by atoms with Crippen molar-refractivity contribution in [1.29, 1.82) is 0 Å². The van der Waals surface area contributed by atoms with Crippen LogP contribution in [0.4, 0.5) is 0 Å². The minimum Gasteiger partial charge on any atom is -0.354 e. The average Bonchev–Trinajstić information content (AvgIpc) is 2.64. The molecule has 1 aliphatic rings. The number of hydrogen-bond donors (Lipinski definition) is 2. The molecule has 0 aliphatic carbocycles. The SMILES string of the molecule is O=C(CS(=O)(=O)c1ccccc1)N[C@@H]1CCCCNC1=O. The highest BCUT2D eigenvalue weighted by atomic mass is 32.2. The van der Waals surface area contributed by atoms with Gasteiger partial charge in [-0.3, -0.25) is 9.59 Å². The van der Waals surface area contributed by atoms with Gasteiger partial charge in [-0.05, 0) is 31.4 Å². The van der Waals surface area contributed by atoms with Crippen LogP contribution in [0.2, 0.25) is 0 Å². The van der Waals surface area contributed by atoms with Gasteiger partial charge in [0.2, 0.25) is 11.8 Å². The molecule has 1 aromatic carbocycles. The Hall–Kier alpha value is -1.89. The zero-order valence-corrected chi connectivity index (χ0v) is 12.4. The zero-order chi connectivity index (χ0) is 15.3. The lowest BCUT2D eigenvalue weighted by Crippen LogP contribution is -2.47. The Balaban J connectivity index is 1.99. The zero-order valence-electron chi connectivity index (χ0n) is 11.5. The first-order valence-electron chi connectivity index (χ1n) is 6.84. The standard InChI is InChI=1S/C14H18N2O4S/c17-13(16-12-8-4-5-9-15-14(12)18)10-21(19,20)11-6-2-1-3-7-11/h1-3,6-7,12H,4-5,8-10H2,(H,15,18)(H,16,17)/t12-/m1/s1. The van der Waals surface area contributed by atoms with E-state index >= 15 is 0 Å². The molecule has 2 N–H and O–H groups in total. The Morgan fingerprint density at radius 1 is 1.24 bits per heavy atom. The second-order valence-electron chi connectivity index (χ2n) is 4.98. The van der Waals surface area contributed by atoms with E-state index < -0.39 is 27.5 Å². The monoisotopic (exact) mass is 310 g/mol. The molecule has 2 amide bonds. The predicted octanol–water partition coefficient (Wildman–Crippen LogP) is 0.245. The number of sulfone groups is 1. The van der Waals surface area contributed by atoms with Gasteiger partial charge in [0.1, 0.15) is 11.8 Å². The van der Waals surface area contributed by atoms with Crippen LogP contribution in [0.15, 0.2) is 35.2 Å². The molecule has 114 valence electrons. The van der Waals surface area contributed by atoms with E-state index in [-0.39, 0.29) is 10.8 Å². The third-order valence-corrected chi connectivity index (χ3v) is 4.93. The van der Waals surface area contributed by atoms with E-state index in [1.54, 1.807) is 18.2 Å². The molecule has 2 rings (SSSR count). The molecule has 6 nitrogen and oxygen atoms in total. The minimum atomic E-state index is -3.68. The van der Waals surface area contributed by atoms with E-state index in [2.05, 4.69) is 10.6 Å². The molecule has 1 heterocycles. The van der Waals surface area contributed by atoms with Crippen molar-refractivity contribution < 1.29 is 18.0 Å². The molecule has 1 atom stereocenters. The van der Waals surface area contributed by atoms with Gasteiger partial charge in [0.25, 0.3) is 0 Å². The van der Waals surface area contributed by atoms with Crippen molar-refractivity contribution in [2.75, 3.05) is 12.3 Å². The molecular formula is C14H18N2O4S. The maximum Gasteiger partial charge on any atom is 0.242 e. The quantitative estimate of drug-likeness (QED) is 0.833. The van der Waals surface area contributed by atoms with E-state index in [9.17, 15) is 18.0 Å². The molecule has 0 radical (unpaired) electrons. The van der Waals surface area contributed by atoms with Crippen molar-refractivity contribution in [3.8, 4) is 0 Å². The highest BCUT2D eigenvalue weighted by Crippen LogP contribution is 2.10. The summed E-state index contributed by atoms with van der Waals surface area (Å²) in [6.07, 6.45) is 2.21. The lowest BCUT2D eigenvalue weighted by Gasteiger charge is -2.15. The summed E-state index contributed by atoms with van der Waals surface area (Å²) < 4.78 is 24.1. The smallest absolute Gasteiger partial charge is 0.242 e. The van der Waals surface area contributed by atoms with Gasteiger partial charge in [-0.25, -0.2) is 8.42 Å². The van der Waals surface area contributed by atoms with Crippen molar-refractivity contribution >= 4 is 21.7 Å². The van der Waals surface area contributed by atoms with Crippen molar-refractivity contribution in [1.82, 2.24) is 10.6 Å². The Kier molecular flexibility index (Phi) is 4.95. The number of nitrogens with one attached hydrogen (secondary N) is 2. The van der Waals surface area contributed by atoms with E-state index in [4.69, 9.17) is 0 Å². The van der Waals surface area contributed by atoms with E-state index in [1.165, 1.54) is 12.1 Å².